The maximum absolute atomic E-state index is 5.40. The molecule has 0 fully saturated rings. The zero-order chi connectivity index (χ0) is 10.5. The van der Waals surface area contributed by atoms with Crippen LogP contribution in [0.4, 0.5) is 0 Å². The largest absolute Gasteiger partial charge is 0.467 e. The lowest BCUT2D eigenvalue weighted by Crippen LogP contribution is -2.11. The van der Waals surface area contributed by atoms with Crippen LogP contribution >= 0.6 is 0 Å². The first-order valence-electron chi connectivity index (χ1n) is 4.94. The molecule has 0 unspecified atom stereocenters. The van der Waals surface area contributed by atoms with Gasteiger partial charge in [0.15, 0.2) is 0 Å². The first-order valence-corrected chi connectivity index (χ1v) is 4.94. The lowest BCUT2D eigenvalue weighted by molar-refractivity contribution is 0.489. The number of aromatic nitrogens is 2. The average Bonchev–Trinajstić information content (AvgIpc) is 2.75. The number of nitrogens with one attached hydrogen (secondary N) is 1. The van der Waals surface area contributed by atoms with Crippen LogP contribution in [0.2, 0.25) is 0 Å². The predicted octanol–water partition coefficient (Wildman–Crippen LogP) is 1.85. The summed E-state index contributed by atoms with van der Waals surface area (Å²) in [6.07, 6.45) is 6.78. The Labute approximate surface area is 88.4 Å². The van der Waals surface area contributed by atoms with Gasteiger partial charge < -0.3 is 9.73 Å². The second-order valence-electron chi connectivity index (χ2n) is 3.16. The summed E-state index contributed by atoms with van der Waals surface area (Å²) in [4.78, 5) is 7.98. The molecule has 78 valence electrons. The van der Waals surface area contributed by atoms with Crippen LogP contribution in [-0.4, -0.2) is 16.5 Å². The highest BCUT2D eigenvalue weighted by Gasteiger charge is 2.07. The molecule has 2 aromatic rings. The molecule has 15 heavy (non-hydrogen) atoms. The summed E-state index contributed by atoms with van der Waals surface area (Å²) in [7, 11) is 0. The highest BCUT2D eigenvalue weighted by atomic mass is 16.3. The summed E-state index contributed by atoms with van der Waals surface area (Å²) in [5.74, 6) is 0.923. The Morgan fingerprint density at radius 1 is 1.33 bits per heavy atom. The Morgan fingerprint density at radius 3 is 2.87 bits per heavy atom. The van der Waals surface area contributed by atoms with Crippen LogP contribution in [-0.2, 0) is 6.54 Å². The molecule has 0 spiro atoms. The lowest BCUT2D eigenvalue weighted by atomic mass is 10.1. The molecule has 0 saturated heterocycles. The van der Waals surface area contributed by atoms with Crippen LogP contribution in [0.5, 0.6) is 0 Å². The third-order valence-electron chi connectivity index (χ3n) is 2.15. The molecule has 0 aromatic carbocycles. The topological polar surface area (TPSA) is 51.0 Å². The maximum Gasteiger partial charge on any atom is 0.125 e. The van der Waals surface area contributed by atoms with E-state index in [1.807, 2.05) is 6.07 Å². The second kappa shape index (κ2) is 4.70. The van der Waals surface area contributed by atoms with Crippen molar-refractivity contribution in [2.75, 3.05) is 6.54 Å². The minimum atomic E-state index is 0.730. The fourth-order valence-electron chi connectivity index (χ4n) is 1.41. The van der Waals surface area contributed by atoms with E-state index in [-0.39, 0.29) is 0 Å². The Balaban J connectivity index is 2.25. The molecule has 4 nitrogen and oxygen atoms in total. The SMILES string of the molecule is CCNCc1occc1-c1cncnc1. The van der Waals surface area contributed by atoms with Crippen molar-refractivity contribution in [3.8, 4) is 11.1 Å². The molecular formula is C11H13N3O. The van der Waals surface area contributed by atoms with Crippen molar-refractivity contribution in [1.29, 1.82) is 0 Å². The van der Waals surface area contributed by atoms with Gasteiger partial charge in [-0.15, -0.1) is 0 Å². The molecule has 4 heteroatoms. The van der Waals surface area contributed by atoms with Gasteiger partial charge in [0.1, 0.15) is 12.1 Å². The smallest absolute Gasteiger partial charge is 0.125 e. The van der Waals surface area contributed by atoms with E-state index >= 15 is 0 Å². The van der Waals surface area contributed by atoms with E-state index in [4.69, 9.17) is 4.42 Å². The number of hydrogen-bond acceptors (Lipinski definition) is 4. The van der Waals surface area contributed by atoms with E-state index in [0.29, 0.717) is 0 Å². The molecule has 0 aliphatic heterocycles. The van der Waals surface area contributed by atoms with Gasteiger partial charge in [-0.05, 0) is 12.6 Å². The molecule has 0 aliphatic rings. The quantitative estimate of drug-likeness (QED) is 0.823. The van der Waals surface area contributed by atoms with Crippen LogP contribution in [0.1, 0.15) is 12.7 Å². The van der Waals surface area contributed by atoms with Crippen LogP contribution < -0.4 is 5.32 Å². The summed E-state index contributed by atoms with van der Waals surface area (Å²) in [6, 6.07) is 1.94. The summed E-state index contributed by atoms with van der Waals surface area (Å²) < 4.78 is 5.40. The number of nitrogens with zero attached hydrogens (tertiary/aromatic N) is 2. The minimum Gasteiger partial charge on any atom is -0.467 e. The van der Waals surface area contributed by atoms with E-state index in [1.54, 1.807) is 18.7 Å². The fourth-order valence-corrected chi connectivity index (χ4v) is 1.41. The van der Waals surface area contributed by atoms with Gasteiger partial charge >= 0.3 is 0 Å². The van der Waals surface area contributed by atoms with E-state index in [0.717, 1.165) is 30.0 Å². The third kappa shape index (κ3) is 2.22. The van der Waals surface area contributed by atoms with Crippen LogP contribution in [0.15, 0.2) is 35.5 Å². The van der Waals surface area contributed by atoms with Gasteiger partial charge in [0.2, 0.25) is 0 Å². The molecule has 0 aliphatic carbocycles. The Morgan fingerprint density at radius 2 is 2.13 bits per heavy atom. The molecule has 0 radical (unpaired) electrons. The highest BCUT2D eigenvalue weighted by Crippen LogP contribution is 2.23. The zero-order valence-electron chi connectivity index (χ0n) is 8.60. The summed E-state index contributed by atoms with van der Waals surface area (Å²) in [6.45, 7) is 3.72. The average molecular weight is 203 g/mol. The van der Waals surface area contributed by atoms with Gasteiger partial charge in [-0.3, -0.25) is 0 Å². The summed E-state index contributed by atoms with van der Waals surface area (Å²) in [5.41, 5.74) is 2.04. The van der Waals surface area contributed by atoms with E-state index in [2.05, 4.69) is 22.2 Å². The zero-order valence-corrected chi connectivity index (χ0v) is 8.60. The standard InChI is InChI=1S/C11H13N3O/c1-2-12-7-11-10(3-4-15-11)9-5-13-8-14-6-9/h3-6,8,12H,2,7H2,1H3. The molecule has 2 rings (SSSR count). The van der Waals surface area contributed by atoms with E-state index < -0.39 is 0 Å². The van der Waals surface area contributed by atoms with Gasteiger partial charge in [-0.1, -0.05) is 6.92 Å². The lowest BCUT2D eigenvalue weighted by Gasteiger charge is -2.02. The van der Waals surface area contributed by atoms with E-state index in [1.165, 1.54) is 6.33 Å². The second-order valence-corrected chi connectivity index (χ2v) is 3.16. The third-order valence-corrected chi connectivity index (χ3v) is 2.15. The number of furan rings is 1. The normalized spacial score (nSPS) is 10.5. The maximum atomic E-state index is 5.40. The van der Waals surface area contributed by atoms with Crippen molar-refractivity contribution >= 4 is 0 Å². The van der Waals surface area contributed by atoms with Gasteiger partial charge in [0.25, 0.3) is 0 Å². The molecule has 1 N–H and O–H groups in total. The fraction of sp³-hybridized carbons (Fsp3) is 0.273. The van der Waals surface area contributed by atoms with Crippen LogP contribution in [0.25, 0.3) is 11.1 Å². The Bertz CT molecular complexity index is 411. The van der Waals surface area contributed by atoms with Gasteiger partial charge in [-0.25, -0.2) is 9.97 Å². The van der Waals surface area contributed by atoms with Crippen LogP contribution in [0, 0.1) is 0 Å². The molecule has 0 bridgehead atoms. The predicted molar refractivity (Wildman–Crippen MR) is 57.1 cm³/mol. The molecule has 0 amide bonds. The molecular weight excluding hydrogens is 190 g/mol. The highest BCUT2D eigenvalue weighted by molar-refractivity contribution is 5.63. The first kappa shape index (κ1) is 9.86. The van der Waals surface area contributed by atoms with Gasteiger partial charge in [-0.2, -0.15) is 0 Å². The summed E-state index contributed by atoms with van der Waals surface area (Å²) in [5, 5.41) is 3.23. The molecule has 0 saturated carbocycles. The van der Waals surface area contributed by atoms with Crippen molar-refractivity contribution in [2.45, 2.75) is 13.5 Å². The Hall–Kier alpha value is -1.68. The molecule has 2 aromatic heterocycles. The summed E-state index contributed by atoms with van der Waals surface area (Å²) >= 11 is 0. The van der Waals surface area contributed by atoms with Crippen molar-refractivity contribution in [1.82, 2.24) is 15.3 Å². The number of hydrogen-bond donors (Lipinski definition) is 1. The molecule has 0 atom stereocenters. The van der Waals surface area contributed by atoms with Crippen molar-refractivity contribution in [3.63, 3.8) is 0 Å². The van der Waals surface area contributed by atoms with Gasteiger partial charge in [0.05, 0.1) is 12.8 Å². The monoisotopic (exact) mass is 203 g/mol. The Kier molecular flexibility index (Phi) is 3.09. The number of rotatable bonds is 4. The van der Waals surface area contributed by atoms with Crippen molar-refractivity contribution < 1.29 is 4.42 Å². The van der Waals surface area contributed by atoms with Crippen molar-refractivity contribution in [2.24, 2.45) is 0 Å². The van der Waals surface area contributed by atoms with Crippen molar-refractivity contribution in [3.05, 3.63) is 36.8 Å². The van der Waals surface area contributed by atoms with E-state index in [9.17, 15) is 0 Å². The first-order chi connectivity index (χ1) is 7.42. The molecule has 2 heterocycles. The van der Waals surface area contributed by atoms with Crippen LogP contribution in [0.3, 0.4) is 0 Å². The van der Waals surface area contributed by atoms with Gasteiger partial charge in [0, 0.05) is 23.5 Å². The minimum absolute atomic E-state index is 0.730.